The molecule has 4 nitrogen and oxygen atoms in total. The molecular weight excluding hydrogens is 356 g/mol. The highest BCUT2D eigenvalue weighted by molar-refractivity contribution is 9.10. The number of rotatable bonds is 5. The molecule has 1 saturated carbocycles. The molecule has 2 N–H and O–H groups in total. The van der Waals surface area contributed by atoms with Crippen LogP contribution in [0.3, 0.4) is 0 Å². The van der Waals surface area contributed by atoms with Crippen molar-refractivity contribution in [3.8, 4) is 0 Å². The monoisotopic (exact) mass is 372 g/mol. The number of nitrogens with one attached hydrogen (secondary N) is 2. The van der Waals surface area contributed by atoms with E-state index in [9.17, 15) is 9.59 Å². The van der Waals surface area contributed by atoms with Crippen LogP contribution in [-0.4, -0.2) is 17.9 Å². The summed E-state index contributed by atoms with van der Waals surface area (Å²) in [5.41, 5.74) is 2.25. The molecule has 0 atom stereocenters. The molecule has 5 heteroatoms. The van der Waals surface area contributed by atoms with Gasteiger partial charge in [-0.3, -0.25) is 9.59 Å². The summed E-state index contributed by atoms with van der Waals surface area (Å²) in [7, 11) is 0. The topological polar surface area (TPSA) is 58.2 Å². The number of amides is 2. The van der Waals surface area contributed by atoms with E-state index in [2.05, 4.69) is 26.6 Å². The lowest BCUT2D eigenvalue weighted by Crippen LogP contribution is -2.26. The van der Waals surface area contributed by atoms with Crippen LogP contribution in [0.1, 0.15) is 28.8 Å². The van der Waals surface area contributed by atoms with Gasteiger partial charge in [-0.25, -0.2) is 0 Å². The van der Waals surface area contributed by atoms with Gasteiger partial charge in [0.1, 0.15) is 0 Å². The van der Waals surface area contributed by atoms with E-state index in [0.29, 0.717) is 23.7 Å². The number of halogens is 1. The first-order valence-electron chi connectivity index (χ1n) is 7.55. The second-order valence-corrected chi connectivity index (χ2v) is 6.59. The normalized spacial score (nSPS) is 13.4. The summed E-state index contributed by atoms with van der Waals surface area (Å²) in [6, 6.07) is 14.9. The third-order valence-corrected chi connectivity index (χ3v) is 4.15. The van der Waals surface area contributed by atoms with Crippen LogP contribution in [0.15, 0.2) is 53.0 Å². The number of benzene rings is 2. The van der Waals surface area contributed by atoms with Crippen molar-refractivity contribution in [2.75, 3.05) is 5.32 Å². The van der Waals surface area contributed by atoms with Crippen molar-refractivity contribution < 1.29 is 9.59 Å². The average molecular weight is 373 g/mol. The van der Waals surface area contributed by atoms with E-state index in [1.165, 1.54) is 0 Å². The maximum absolute atomic E-state index is 12.1. The maximum Gasteiger partial charge on any atom is 0.255 e. The molecule has 2 aromatic rings. The summed E-state index contributed by atoms with van der Waals surface area (Å²) >= 11 is 3.34. The number of hydrogen-bond donors (Lipinski definition) is 2. The lowest BCUT2D eigenvalue weighted by Gasteiger charge is -2.07. The fraction of sp³-hybridized carbons (Fsp3) is 0.222. The molecular formula is C18H17BrN2O2. The minimum Gasteiger partial charge on any atom is -0.353 e. The van der Waals surface area contributed by atoms with E-state index < -0.39 is 0 Å². The van der Waals surface area contributed by atoms with Crippen LogP contribution in [0.5, 0.6) is 0 Å². The van der Waals surface area contributed by atoms with Gasteiger partial charge in [0.15, 0.2) is 0 Å². The number of carbonyl (C=O) groups is 2. The quantitative estimate of drug-likeness (QED) is 0.843. The Hall–Kier alpha value is -2.14. The Morgan fingerprint density at radius 1 is 1.00 bits per heavy atom. The van der Waals surface area contributed by atoms with Crippen LogP contribution < -0.4 is 10.6 Å². The van der Waals surface area contributed by atoms with Gasteiger partial charge < -0.3 is 10.6 Å². The van der Waals surface area contributed by atoms with Crippen LogP contribution >= 0.6 is 15.9 Å². The average Bonchev–Trinajstić information content (AvgIpc) is 3.33. The first-order valence-corrected chi connectivity index (χ1v) is 8.35. The lowest BCUT2D eigenvalue weighted by molar-refractivity contribution is -0.120. The zero-order chi connectivity index (χ0) is 16.2. The van der Waals surface area contributed by atoms with Crippen molar-refractivity contribution in [2.24, 2.45) is 0 Å². The highest BCUT2D eigenvalue weighted by atomic mass is 79.9. The van der Waals surface area contributed by atoms with E-state index in [1.807, 2.05) is 36.4 Å². The molecule has 0 saturated heterocycles. The summed E-state index contributed by atoms with van der Waals surface area (Å²) in [4.78, 5) is 23.9. The first kappa shape index (κ1) is 15.7. The largest absolute Gasteiger partial charge is 0.353 e. The van der Waals surface area contributed by atoms with Crippen molar-refractivity contribution in [2.45, 2.75) is 25.3 Å². The molecule has 0 radical (unpaired) electrons. The van der Waals surface area contributed by atoms with Crippen molar-refractivity contribution >= 4 is 33.4 Å². The Kier molecular flexibility index (Phi) is 4.76. The van der Waals surface area contributed by atoms with Crippen molar-refractivity contribution in [1.29, 1.82) is 0 Å². The van der Waals surface area contributed by atoms with Crippen molar-refractivity contribution in [1.82, 2.24) is 5.32 Å². The van der Waals surface area contributed by atoms with E-state index in [1.54, 1.807) is 12.1 Å². The third kappa shape index (κ3) is 4.66. The Balaban J connectivity index is 1.57. The fourth-order valence-electron chi connectivity index (χ4n) is 2.20. The minimum absolute atomic E-state index is 0.0548. The smallest absolute Gasteiger partial charge is 0.255 e. The second-order valence-electron chi connectivity index (χ2n) is 5.68. The standard InChI is InChI=1S/C18H17BrN2O2/c19-14-5-3-13(4-6-14)18(23)21-16-7-1-12(2-8-16)11-17(22)20-15-9-10-15/h1-8,15H,9-11H2,(H,20,22)(H,21,23). The molecule has 2 aromatic carbocycles. The third-order valence-electron chi connectivity index (χ3n) is 3.63. The molecule has 118 valence electrons. The zero-order valence-corrected chi connectivity index (χ0v) is 14.1. The summed E-state index contributed by atoms with van der Waals surface area (Å²) in [5.74, 6) is -0.101. The van der Waals surface area contributed by atoms with Crippen LogP contribution in [0, 0.1) is 0 Å². The van der Waals surface area contributed by atoms with Gasteiger partial charge >= 0.3 is 0 Å². The van der Waals surface area contributed by atoms with E-state index in [4.69, 9.17) is 0 Å². The van der Waals surface area contributed by atoms with Crippen LogP contribution in [0.25, 0.3) is 0 Å². The van der Waals surface area contributed by atoms with Gasteiger partial charge in [0.25, 0.3) is 5.91 Å². The SMILES string of the molecule is O=C(Cc1ccc(NC(=O)c2ccc(Br)cc2)cc1)NC1CC1. The summed E-state index contributed by atoms with van der Waals surface area (Å²) in [6.45, 7) is 0. The Morgan fingerprint density at radius 3 is 2.26 bits per heavy atom. The number of anilines is 1. The predicted molar refractivity (Wildman–Crippen MR) is 93.4 cm³/mol. The highest BCUT2D eigenvalue weighted by Crippen LogP contribution is 2.19. The summed E-state index contributed by atoms with van der Waals surface area (Å²) in [5, 5.41) is 5.81. The fourth-order valence-corrected chi connectivity index (χ4v) is 2.47. The molecule has 23 heavy (non-hydrogen) atoms. The Labute approximate surface area is 143 Å². The Morgan fingerprint density at radius 2 is 1.65 bits per heavy atom. The van der Waals surface area contributed by atoms with E-state index >= 15 is 0 Å². The van der Waals surface area contributed by atoms with Gasteiger partial charge in [-0.1, -0.05) is 28.1 Å². The van der Waals surface area contributed by atoms with Gasteiger partial charge in [0, 0.05) is 21.8 Å². The summed E-state index contributed by atoms with van der Waals surface area (Å²) in [6.07, 6.45) is 2.55. The molecule has 1 aliphatic carbocycles. The van der Waals surface area contributed by atoms with E-state index in [0.717, 1.165) is 22.9 Å². The first-order chi connectivity index (χ1) is 11.1. The molecule has 2 amide bonds. The molecule has 0 aliphatic heterocycles. The number of hydrogen-bond acceptors (Lipinski definition) is 2. The second kappa shape index (κ2) is 6.96. The van der Waals surface area contributed by atoms with Crippen LogP contribution in [0.4, 0.5) is 5.69 Å². The highest BCUT2D eigenvalue weighted by Gasteiger charge is 2.23. The zero-order valence-electron chi connectivity index (χ0n) is 12.5. The van der Waals surface area contributed by atoms with Gasteiger partial charge in [-0.05, 0) is 54.8 Å². The lowest BCUT2D eigenvalue weighted by atomic mass is 10.1. The molecule has 0 heterocycles. The maximum atomic E-state index is 12.1. The van der Waals surface area contributed by atoms with Gasteiger partial charge in [-0.2, -0.15) is 0 Å². The molecule has 0 bridgehead atoms. The number of carbonyl (C=O) groups excluding carboxylic acids is 2. The Bertz CT molecular complexity index is 707. The van der Waals surface area contributed by atoms with Gasteiger partial charge in [-0.15, -0.1) is 0 Å². The molecule has 1 aliphatic rings. The minimum atomic E-state index is -0.156. The van der Waals surface area contributed by atoms with E-state index in [-0.39, 0.29) is 11.8 Å². The molecule has 0 spiro atoms. The van der Waals surface area contributed by atoms with Crippen molar-refractivity contribution in [3.63, 3.8) is 0 Å². The van der Waals surface area contributed by atoms with Gasteiger partial charge in [0.2, 0.25) is 5.91 Å². The van der Waals surface area contributed by atoms with Crippen LogP contribution in [0.2, 0.25) is 0 Å². The van der Waals surface area contributed by atoms with Gasteiger partial charge in [0.05, 0.1) is 6.42 Å². The molecule has 3 rings (SSSR count). The molecule has 0 unspecified atom stereocenters. The van der Waals surface area contributed by atoms with Crippen LogP contribution in [-0.2, 0) is 11.2 Å². The van der Waals surface area contributed by atoms with Crippen molar-refractivity contribution in [3.05, 3.63) is 64.1 Å². The predicted octanol–water partition coefficient (Wildman–Crippen LogP) is 3.52. The summed E-state index contributed by atoms with van der Waals surface area (Å²) < 4.78 is 0.933. The molecule has 0 aromatic heterocycles. The molecule has 1 fully saturated rings.